The topological polar surface area (TPSA) is 76.4 Å². The summed E-state index contributed by atoms with van der Waals surface area (Å²) in [7, 11) is 1.40. The van der Waals surface area contributed by atoms with Crippen LogP contribution in [0.2, 0.25) is 5.02 Å². The number of hydrogen-bond donors (Lipinski definition) is 2. The molecule has 6 nitrogen and oxygen atoms in total. The fraction of sp³-hybridized carbons (Fsp3) is 0.600. The third kappa shape index (κ3) is 4.99. The van der Waals surface area contributed by atoms with Crippen LogP contribution in [0.4, 0.5) is 18.9 Å². The number of hydrogen-bond acceptors (Lipinski definition) is 5. The summed E-state index contributed by atoms with van der Waals surface area (Å²) in [5.74, 6) is 0. The maximum absolute atomic E-state index is 12.2. The first-order chi connectivity index (χ1) is 9.24. The molecule has 0 spiro atoms. The van der Waals surface area contributed by atoms with Crippen LogP contribution in [0.1, 0.15) is 0 Å². The number of nitrogens with one attached hydrogen (secondary N) is 1. The largest absolute Gasteiger partial charge is 0.408 e. The highest BCUT2D eigenvalue weighted by Crippen LogP contribution is 2.19. The van der Waals surface area contributed by atoms with Gasteiger partial charge in [-0.1, -0.05) is 11.6 Å². The Morgan fingerprint density at radius 3 is 2.80 bits per heavy atom. The molecule has 2 N–H and O–H groups in total. The number of nitrogens with zero attached hydrogens (tertiary/aromatic N) is 2. The van der Waals surface area contributed by atoms with Gasteiger partial charge in [0.15, 0.2) is 0 Å². The van der Waals surface area contributed by atoms with Crippen molar-refractivity contribution >= 4 is 17.3 Å². The zero-order valence-corrected chi connectivity index (χ0v) is 11.2. The maximum atomic E-state index is 12.2. The highest BCUT2D eigenvalue weighted by Gasteiger charge is 2.29. The fourth-order valence-corrected chi connectivity index (χ4v) is 1.56. The number of aliphatic hydroxyl groups is 1. The number of anilines is 1. The van der Waals surface area contributed by atoms with Crippen LogP contribution in [0.25, 0.3) is 0 Å². The lowest BCUT2D eigenvalue weighted by molar-refractivity contribution is -0.143. The average Bonchev–Trinajstić information content (AvgIpc) is 2.33. The quantitative estimate of drug-likeness (QED) is 0.815. The van der Waals surface area contributed by atoms with Crippen molar-refractivity contribution in [2.75, 3.05) is 25.6 Å². The van der Waals surface area contributed by atoms with Crippen molar-refractivity contribution in [3.8, 4) is 0 Å². The van der Waals surface area contributed by atoms with Crippen LogP contribution in [0.5, 0.6) is 0 Å². The Bertz CT molecular complexity index is 507. The SMILES string of the molecule is COCC(O)CNc1cnn(CC(F)(F)F)c(=O)c1Cl. The smallest absolute Gasteiger partial charge is 0.389 e. The molecule has 0 radical (unpaired) electrons. The van der Waals surface area contributed by atoms with Crippen molar-refractivity contribution in [2.45, 2.75) is 18.8 Å². The molecule has 0 aliphatic heterocycles. The minimum atomic E-state index is -4.57. The molecule has 10 heteroatoms. The van der Waals surface area contributed by atoms with Gasteiger partial charge in [0, 0.05) is 13.7 Å². The van der Waals surface area contributed by atoms with E-state index in [0.717, 1.165) is 6.20 Å². The monoisotopic (exact) mass is 315 g/mol. The van der Waals surface area contributed by atoms with Crippen molar-refractivity contribution in [3.05, 3.63) is 21.6 Å². The molecular weight excluding hydrogens is 303 g/mol. The molecule has 1 unspecified atom stereocenters. The van der Waals surface area contributed by atoms with E-state index in [0.29, 0.717) is 0 Å². The Hall–Kier alpha value is -1.32. The Morgan fingerprint density at radius 1 is 1.60 bits per heavy atom. The minimum absolute atomic E-state index is 0.0119. The maximum Gasteiger partial charge on any atom is 0.408 e. The van der Waals surface area contributed by atoms with Gasteiger partial charge < -0.3 is 15.2 Å². The molecule has 1 atom stereocenters. The van der Waals surface area contributed by atoms with E-state index < -0.39 is 29.4 Å². The van der Waals surface area contributed by atoms with Gasteiger partial charge in [0.25, 0.3) is 5.56 Å². The molecular formula is C10H13ClF3N3O3. The summed E-state index contributed by atoms with van der Waals surface area (Å²) in [6.45, 7) is -1.45. The molecule has 0 aromatic carbocycles. The Morgan fingerprint density at radius 2 is 2.25 bits per heavy atom. The van der Waals surface area contributed by atoms with Crippen molar-refractivity contribution in [2.24, 2.45) is 0 Å². The van der Waals surface area contributed by atoms with Crippen LogP contribution in [-0.2, 0) is 11.3 Å². The predicted octanol–water partition coefficient (Wildman–Crippen LogP) is 0.878. The van der Waals surface area contributed by atoms with Crippen LogP contribution in [-0.4, -0.2) is 47.4 Å². The first kappa shape index (κ1) is 16.7. The third-order valence-corrected chi connectivity index (χ3v) is 2.57. The first-order valence-corrected chi connectivity index (χ1v) is 5.85. The molecule has 0 saturated heterocycles. The zero-order chi connectivity index (χ0) is 15.3. The Balaban J connectivity index is 2.82. The van der Waals surface area contributed by atoms with Gasteiger partial charge in [-0.25, -0.2) is 4.68 Å². The Labute approximate surface area is 117 Å². The molecule has 0 aliphatic rings. The first-order valence-electron chi connectivity index (χ1n) is 5.48. The molecule has 0 fully saturated rings. The van der Waals surface area contributed by atoms with Crippen LogP contribution < -0.4 is 10.9 Å². The molecule has 1 aromatic heterocycles. The van der Waals surface area contributed by atoms with Crippen LogP contribution in [0.15, 0.2) is 11.0 Å². The predicted molar refractivity (Wildman–Crippen MR) is 65.9 cm³/mol. The summed E-state index contributed by atoms with van der Waals surface area (Å²) in [4.78, 5) is 11.6. The normalized spacial score (nSPS) is 13.3. The van der Waals surface area contributed by atoms with E-state index in [4.69, 9.17) is 16.3 Å². The van der Waals surface area contributed by atoms with Crippen molar-refractivity contribution in [3.63, 3.8) is 0 Å². The summed E-state index contributed by atoms with van der Waals surface area (Å²) >= 11 is 5.67. The van der Waals surface area contributed by atoms with E-state index in [2.05, 4.69) is 10.4 Å². The summed E-state index contributed by atoms with van der Waals surface area (Å²) in [5, 5.41) is 15.0. The van der Waals surface area contributed by atoms with Crippen molar-refractivity contribution < 1.29 is 23.0 Å². The molecule has 1 heterocycles. The van der Waals surface area contributed by atoms with Gasteiger partial charge in [0.1, 0.15) is 11.6 Å². The summed E-state index contributed by atoms with van der Waals surface area (Å²) < 4.78 is 41.5. The molecule has 0 amide bonds. The van der Waals surface area contributed by atoms with E-state index in [1.807, 2.05) is 0 Å². The van der Waals surface area contributed by atoms with Gasteiger partial charge in [-0.15, -0.1) is 0 Å². The third-order valence-electron chi connectivity index (χ3n) is 2.20. The van der Waals surface area contributed by atoms with Gasteiger partial charge in [-0.2, -0.15) is 18.3 Å². The van der Waals surface area contributed by atoms with E-state index in [-0.39, 0.29) is 23.5 Å². The summed E-state index contributed by atoms with van der Waals surface area (Å²) in [5.41, 5.74) is -1.01. The highest BCUT2D eigenvalue weighted by molar-refractivity contribution is 6.32. The molecule has 20 heavy (non-hydrogen) atoms. The Kier molecular flexibility index (Phi) is 5.78. The van der Waals surface area contributed by atoms with Gasteiger partial charge in [-0.05, 0) is 0 Å². The lowest BCUT2D eigenvalue weighted by atomic mass is 10.3. The van der Waals surface area contributed by atoms with E-state index in [1.54, 1.807) is 0 Å². The second-order valence-corrected chi connectivity index (χ2v) is 4.32. The van der Waals surface area contributed by atoms with Crippen molar-refractivity contribution in [1.82, 2.24) is 9.78 Å². The van der Waals surface area contributed by atoms with E-state index in [9.17, 15) is 23.1 Å². The molecule has 0 aliphatic carbocycles. The van der Waals surface area contributed by atoms with Gasteiger partial charge in [-0.3, -0.25) is 4.79 Å². The van der Waals surface area contributed by atoms with Gasteiger partial charge in [0.2, 0.25) is 0 Å². The standard InChI is InChI=1S/C10H13ClF3N3O3/c1-20-4-6(18)2-15-7-3-16-17(5-10(12,13)14)9(19)8(7)11/h3,6,15,18H,2,4-5H2,1H3. The number of rotatable bonds is 6. The highest BCUT2D eigenvalue weighted by atomic mass is 35.5. The fourth-order valence-electron chi connectivity index (χ4n) is 1.35. The lowest BCUT2D eigenvalue weighted by Crippen LogP contribution is -2.31. The number of halogens is 4. The second-order valence-electron chi connectivity index (χ2n) is 3.94. The van der Waals surface area contributed by atoms with Crippen molar-refractivity contribution in [1.29, 1.82) is 0 Å². The molecule has 0 saturated carbocycles. The second kappa shape index (κ2) is 6.91. The number of alkyl halides is 3. The van der Waals surface area contributed by atoms with E-state index in [1.165, 1.54) is 7.11 Å². The van der Waals surface area contributed by atoms with Crippen LogP contribution in [0.3, 0.4) is 0 Å². The van der Waals surface area contributed by atoms with Gasteiger partial charge >= 0.3 is 6.18 Å². The lowest BCUT2D eigenvalue weighted by Gasteiger charge is -2.14. The zero-order valence-electron chi connectivity index (χ0n) is 10.4. The molecule has 0 bridgehead atoms. The molecule has 114 valence electrons. The minimum Gasteiger partial charge on any atom is -0.389 e. The number of aromatic nitrogens is 2. The van der Waals surface area contributed by atoms with Crippen LogP contribution in [0, 0.1) is 0 Å². The summed E-state index contributed by atoms with van der Waals surface area (Å²) in [6.07, 6.45) is -4.42. The number of aliphatic hydroxyl groups excluding tert-OH is 1. The van der Waals surface area contributed by atoms with E-state index >= 15 is 0 Å². The van der Waals surface area contributed by atoms with Crippen LogP contribution >= 0.6 is 11.6 Å². The molecule has 1 aromatic rings. The average molecular weight is 316 g/mol. The number of methoxy groups -OCH3 is 1. The molecule has 1 rings (SSSR count). The van der Waals surface area contributed by atoms with Gasteiger partial charge in [0.05, 0.1) is 24.6 Å². The number of ether oxygens (including phenoxy) is 1. The summed E-state index contributed by atoms with van der Waals surface area (Å²) in [6, 6.07) is 0.